The summed E-state index contributed by atoms with van der Waals surface area (Å²) in [5.41, 5.74) is 0.588. The van der Waals surface area contributed by atoms with Crippen molar-refractivity contribution in [2.45, 2.75) is 40.2 Å². The molecule has 110 valence electrons. The second kappa shape index (κ2) is 7.62. The van der Waals surface area contributed by atoms with Gasteiger partial charge in [0.1, 0.15) is 0 Å². The first-order valence-corrected chi connectivity index (χ1v) is 6.83. The maximum atomic E-state index is 11.6. The van der Waals surface area contributed by atoms with Crippen LogP contribution < -0.4 is 10.6 Å². The Morgan fingerprint density at radius 1 is 1.25 bits per heavy atom. The highest BCUT2D eigenvalue weighted by Gasteiger charge is 2.20. The molecule has 1 rings (SSSR count). The van der Waals surface area contributed by atoms with Crippen LogP contribution >= 0.6 is 0 Å². The van der Waals surface area contributed by atoms with Crippen molar-refractivity contribution in [1.29, 1.82) is 0 Å². The van der Waals surface area contributed by atoms with Gasteiger partial charge in [-0.2, -0.15) is 0 Å². The quantitative estimate of drug-likeness (QED) is 0.777. The number of pyridine rings is 1. The number of rotatable bonds is 6. The van der Waals surface area contributed by atoms with Crippen LogP contribution in [0, 0.1) is 5.41 Å². The fourth-order valence-electron chi connectivity index (χ4n) is 1.51. The lowest BCUT2D eigenvalue weighted by Crippen LogP contribution is -2.35. The largest absolute Gasteiger partial charge is 0.356 e. The average molecular weight is 277 g/mol. The molecule has 0 unspecified atom stereocenters. The molecule has 0 aliphatic carbocycles. The lowest BCUT2D eigenvalue weighted by molar-refractivity contribution is -0.128. The molecule has 0 aromatic carbocycles. The number of hydrogen-bond donors (Lipinski definition) is 2. The van der Waals surface area contributed by atoms with Crippen LogP contribution in [-0.2, 0) is 16.1 Å². The predicted molar refractivity (Wildman–Crippen MR) is 77.8 cm³/mol. The van der Waals surface area contributed by atoms with Crippen LogP contribution in [0.15, 0.2) is 24.5 Å². The maximum Gasteiger partial charge on any atom is 0.225 e. The lowest BCUT2D eigenvalue weighted by Gasteiger charge is -2.17. The zero-order valence-electron chi connectivity index (χ0n) is 12.4. The molecule has 1 aromatic heterocycles. The van der Waals surface area contributed by atoms with E-state index in [9.17, 15) is 9.59 Å². The summed E-state index contributed by atoms with van der Waals surface area (Å²) in [6.45, 7) is 6.60. The highest BCUT2D eigenvalue weighted by molar-refractivity contribution is 5.81. The van der Waals surface area contributed by atoms with E-state index in [0.717, 1.165) is 5.56 Å². The van der Waals surface area contributed by atoms with Crippen LogP contribution in [0.2, 0.25) is 0 Å². The van der Waals surface area contributed by atoms with Gasteiger partial charge in [-0.3, -0.25) is 14.6 Å². The molecule has 2 amide bonds. The van der Waals surface area contributed by atoms with Crippen molar-refractivity contribution >= 4 is 11.8 Å². The van der Waals surface area contributed by atoms with Crippen LogP contribution in [0.3, 0.4) is 0 Å². The van der Waals surface area contributed by atoms with E-state index in [2.05, 4.69) is 15.6 Å². The molecule has 0 saturated carbocycles. The van der Waals surface area contributed by atoms with Crippen LogP contribution in [0.4, 0.5) is 0 Å². The number of carbonyl (C=O) groups is 2. The molecule has 0 spiro atoms. The Bertz CT molecular complexity index is 438. The van der Waals surface area contributed by atoms with Crippen molar-refractivity contribution in [3.05, 3.63) is 30.1 Å². The molecule has 5 heteroatoms. The summed E-state index contributed by atoms with van der Waals surface area (Å²) < 4.78 is 0. The normalized spacial score (nSPS) is 10.9. The van der Waals surface area contributed by atoms with Gasteiger partial charge >= 0.3 is 0 Å². The summed E-state index contributed by atoms with van der Waals surface area (Å²) in [6, 6.07) is 3.75. The number of nitrogens with zero attached hydrogens (tertiary/aromatic N) is 1. The first-order valence-electron chi connectivity index (χ1n) is 6.83. The number of aromatic nitrogens is 1. The van der Waals surface area contributed by atoms with Gasteiger partial charge in [0, 0.05) is 37.3 Å². The first kappa shape index (κ1) is 16.1. The Morgan fingerprint density at radius 2 is 2.00 bits per heavy atom. The highest BCUT2D eigenvalue weighted by atomic mass is 16.2. The van der Waals surface area contributed by atoms with Crippen molar-refractivity contribution in [3.63, 3.8) is 0 Å². The van der Waals surface area contributed by atoms with E-state index < -0.39 is 0 Å². The summed E-state index contributed by atoms with van der Waals surface area (Å²) in [7, 11) is 0. The Kier molecular flexibility index (Phi) is 6.15. The fraction of sp³-hybridized carbons (Fsp3) is 0.533. The summed E-state index contributed by atoms with van der Waals surface area (Å²) in [6.07, 6.45) is 4.47. The van der Waals surface area contributed by atoms with Gasteiger partial charge in [0.2, 0.25) is 11.8 Å². The molecule has 20 heavy (non-hydrogen) atoms. The second-order valence-corrected chi connectivity index (χ2v) is 5.75. The molecule has 1 heterocycles. The molecule has 0 bridgehead atoms. The minimum atomic E-state index is -0.386. The summed E-state index contributed by atoms with van der Waals surface area (Å²) >= 11 is 0. The van der Waals surface area contributed by atoms with Gasteiger partial charge in [0.05, 0.1) is 0 Å². The van der Waals surface area contributed by atoms with Gasteiger partial charge in [0.15, 0.2) is 0 Å². The third-order valence-electron chi connectivity index (χ3n) is 2.76. The van der Waals surface area contributed by atoms with Crippen molar-refractivity contribution in [1.82, 2.24) is 15.6 Å². The van der Waals surface area contributed by atoms with Gasteiger partial charge in [-0.15, -0.1) is 0 Å². The smallest absolute Gasteiger partial charge is 0.225 e. The summed E-state index contributed by atoms with van der Waals surface area (Å²) in [5.74, 6) is -0.00729. The SMILES string of the molecule is CC(C)(C)C(=O)NCCCC(=O)NCc1cccnc1. The number of amides is 2. The van der Waals surface area contributed by atoms with Gasteiger partial charge in [0.25, 0.3) is 0 Å². The second-order valence-electron chi connectivity index (χ2n) is 5.75. The van der Waals surface area contributed by atoms with Crippen molar-refractivity contribution in [2.75, 3.05) is 6.54 Å². The molecule has 2 N–H and O–H groups in total. The topological polar surface area (TPSA) is 71.1 Å². The summed E-state index contributed by atoms with van der Waals surface area (Å²) in [5, 5.41) is 5.65. The Morgan fingerprint density at radius 3 is 2.60 bits per heavy atom. The van der Waals surface area contributed by atoms with Crippen LogP contribution in [0.5, 0.6) is 0 Å². The van der Waals surface area contributed by atoms with E-state index in [1.165, 1.54) is 0 Å². The zero-order valence-corrected chi connectivity index (χ0v) is 12.4. The predicted octanol–water partition coefficient (Wildman–Crippen LogP) is 1.64. The molecule has 0 saturated heterocycles. The standard InChI is InChI=1S/C15H23N3O2/c1-15(2,3)14(20)17-9-5-7-13(19)18-11-12-6-4-8-16-10-12/h4,6,8,10H,5,7,9,11H2,1-3H3,(H,17,20)(H,18,19). The van der Waals surface area contributed by atoms with Crippen LogP contribution in [-0.4, -0.2) is 23.3 Å². The molecule has 0 aliphatic rings. The molecule has 0 atom stereocenters. The Balaban J connectivity index is 2.13. The third kappa shape index (κ3) is 6.31. The molecule has 5 nitrogen and oxygen atoms in total. The van der Waals surface area contributed by atoms with Crippen molar-refractivity contribution < 1.29 is 9.59 Å². The molecular weight excluding hydrogens is 254 g/mol. The number of hydrogen-bond acceptors (Lipinski definition) is 3. The van der Waals surface area contributed by atoms with Gasteiger partial charge in [-0.1, -0.05) is 26.8 Å². The minimum absolute atomic E-state index is 0.00766. The van der Waals surface area contributed by atoms with E-state index in [-0.39, 0.29) is 17.2 Å². The number of carbonyl (C=O) groups excluding carboxylic acids is 2. The molecule has 0 radical (unpaired) electrons. The number of nitrogens with one attached hydrogen (secondary N) is 2. The highest BCUT2D eigenvalue weighted by Crippen LogP contribution is 2.12. The van der Waals surface area contributed by atoms with E-state index in [1.807, 2.05) is 32.9 Å². The summed E-state index contributed by atoms with van der Waals surface area (Å²) in [4.78, 5) is 27.2. The average Bonchev–Trinajstić information content (AvgIpc) is 2.41. The monoisotopic (exact) mass is 277 g/mol. The molecule has 0 aliphatic heterocycles. The van der Waals surface area contributed by atoms with E-state index in [0.29, 0.717) is 25.9 Å². The van der Waals surface area contributed by atoms with E-state index in [4.69, 9.17) is 0 Å². The van der Waals surface area contributed by atoms with Crippen LogP contribution in [0.25, 0.3) is 0 Å². The van der Waals surface area contributed by atoms with E-state index >= 15 is 0 Å². The maximum absolute atomic E-state index is 11.6. The Labute approximate surface area is 120 Å². The van der Waals surface area contributed by atoms with Gasteiger partial charge < -0.3 is 10.6 Å². The van der Waals surface area contributed by atoms with E-state index in [1.54, 1.807) is 12.4 Å². The fourth-order valence-corrected chi connectivity index (χ4v) is 1.51. The molecule has 1 aromatic rings. The minimum Gasteiger partial charge on any atom is -0.356 e. The Hall–Kier alpha value is -1.91. The molecule has 0 fully saturated rings. The first-order chi connectivity index (χ1) is 9.39. The van der Waals surface area contributed by atoms with Crippen molar-refractivity contribution in [3.8, 4) is 0 Å². The van der Waals surface area contributed by atoms with Crippen LogP contribution in [0.1, 0.15) is 39.2 Å². The zero-order chi connectivity index (χ0) is 15.0. The molecular formula is C15H23N3O2. The van der Waals surface area contributed by atoms with Gasteiger partial charge in [-0.05, 0) is 18.1 Å². The van der Waals surface area contributed by atoms with Crippen molar-refractivity contribution in [2.24, 2.45) is 5.41 Å². The third-order valence-corrected chi connectivity index (χ3v) is 2.76. The lowest BCUT2D eigenvalue weighted by atomic mass is 9.96. The van der Waals surface area contributed by atoms with Gasteiger partial charge in [-0.25, -0.2) is 0 Å².